The first kappa shape index (κ1) is 17.2. The summed E-state index contributed by atoms with van der Waals surface area (Å²) >= 11 is 1.65. The maximum absolute atomic E-state index is 13.8. The Kier molecular flexibility index (Phi) is 5.92. The molecule has 0 unspecified atom stereocenters. The van der Waals surface area contributed by atoms with Crippen molar-refractivity contribution >= 4 is 17.3 Å². The van der Waals surface area contributed by atoms with Crippen LogP contribution >= 0.6 is 11.3 Å². The Balaban J connectivity index is 1.97. The molecule has 0 saturated heterocycles. The van der Waals surface area contributed by atoms with E-state index in [1.54, 1.807) is 24.5 Å². The second kappa shape index (κ2) is 7.92. The quantitative estimate of drug-likeness (QED) is 0.674. The molecule has 0 spiro atoms. The van der Waals surface area contributed by atoms with Gasteiger partial charge < -0.3 is 15.0 Å². The average Bonchev–Trinajstić information content (AvgIpc) is 2.93. The number of methoxy groups -OCH3 is 1. The number of hydrogen-bond acceptors (Lipinski definition) is 4. The molecule has 0 aliphatic carbocycles. The summed E-state index contributed by atoms with van der Waals surface area (Å²) in [7, 11) is 5.08. The highest BCUT2D eigenvalue weighted by molar-refractivity contribution is 7.11. The number of thiazole rings is 1. The zero-order valence-corrected chi connectivity index (χ0v) is 14.6. The lowest BCUT2D eigenvalue weighted by Crippen LogP contribution is -2.38. The number of ether oxygens (including phenoxy) is 1. The number of nitrogens with zero attached hydrogens (tertiary/aromatic N) is 3. The molecule has 1 N–H and O–H groups in total. The Morgan fingerprint density at radius 3 is 2.83 bits per heavy atom. The molecule has 124 valence electrons. The summed E-state index contributed by atoms with van der Waals surface area (Å²) in [4.78, 5) is 11.7. The topological polar surface area (TPSA) is 49.8 Å². The van der Waals surface area contributed by atoms with Crippen molar-refractivity contribution in [1.82, 2.24) is 15.2 Å². The minimum absolute atomic E-state index is 0.248. The number of hydrogen-bond donors (Lipinski definition) is 1. The van der Waals surface area contributed by atoms with Gasteiger partial charge in [0, 0.05) is 31.7 Å². The maximum atomic E-state index is 13.8. The molecule has 1 heterocycles. The number of aryl methyl sites for hydroxylation is 1. The van der Waals surface area contributed by atoms with Crippen molar-refractivity contribution < 1.29 is 9.13 Å². The normalized spacial score (nSPS) is 11.4. The van der Waals surface area contributed by atoms with E-state index in [1.165, 1.54) is 18.1 Å². The molecular weight excluding hydrogens is 315 g/mol. The summed E-state index contributed by atoms with van der Waals surface area (Å²) < 4.78 is 18.7. The van der Waals surface area contributed by atoms with E-state index in [9.17, 15) is 4.39 Å². The third-order valence-electron chi connectivity index (χ3n) is 3.28. The van der Waals surface area contributed by atoms with Crippen molar-refractivity contribution in [3.8, 4) is 5.75 Å². The first-order chi connectivity index (χ1) is 11.0. The zero-order chi connectivity index (χ0) is 16.8. The molecule has 0 aliphatic heterocycles. The van der Waals surface area contributed by atoms with Gasteiger partial charge in [0.25, 0.3) is 0 Å². The summed E-state index contributed by atoms with van der Waals surface area (Å²) in [6, 6.07) is 4.95. The fourth-order valence-corrected chi connectivity index (χ4v) is 2.91. The van der Waals surface area contributed by atoms with Crippen LogP contribution in [0.4, 0.5) is 4.39 Å². The first-order valence-corrected chi connectivity index (χ1v) is 8.00. The highest BCUT2D eigenvalue weighted by atomic mass is 32.1. The maximum Gasteiger partial charge on any atom is 0.194 e. The van der Waals surface area contributed by atoms with Crippen LogP contribution in [0.3, 0.4) is 0 Å². The van der Waals surface area contributed by atoms with Gasteiger partial charge in [-0.05, 0) is 24.6 Å². The molecule has 0 saturated carbocycles. The van der Waals surface area contributed by atoms with Crippen molar-refractivity contribution in [2.24, 2.45) is 4.99 Å². The Labute approximate surface area is 139 Å². The van der Waals surface area contributed by atoms with Crippen molar-refractivity contribution in [1.29, 1.82) is 0 Å². The van der Waals surface area contributed by atoms with Gasteiger partial charge in [-0.25, -0.2) is 9.37 Å². The molecule has 23 heavy (non-hydrogen) atoms. The summed E-state index contributed by atoms with van der Waals surface area (Å²) in [6.45, 7) is 3.18. The van der Waals surface area contributed by atoms with E-state index < -0.39 is 0 Å². The van der Waals surface area contributed by atoms with Gasteiger partial charge in [0.2, 0.25) is 0 Å². The predicted octanol–water partition coefficient (Wildman–Crippen LogP) is 2.81. The van der Waals surface area contributed by atoms with Gasteiger partial charge in [-0.2, -0.15) is 0 Å². The lowest BCUT2D eigenvalue weighted by molar-refractivity contribution is 0.385. The Morgan fingerprint density at radius 2 is 2.26 bits per heavy atom. The van der Waals surface area contributed by atoms with Crippen LogP contribution in [0.1, 0.15) is 15.4 Å². The zero-order valence-electron chi connectivity index (χ0n) is 13.8. The molecule has 0 radical (unpaired) electrons. The molecule has 0 bridgehead atoms. The monoisotopic (exact) mass is 336 g/mol. The Morgan fingerprint density at radius 1 is 1.48 bits per heavy atom. The van der Waals surface area contributed by atoms with Crippen LogP contribution in [0, 0.1) is 12.7 Å². The van der Waals surface area contributed by atoms with Crippen LogP contribution in [0.2, 0.25) is 0 Å². The van der Waals surface area contributed by atoms with E-state index in [4.69, 9.17) is 4.74 Å². The predicted molar refractivity (Wildman–Crippen MR) is 91.5 cm³/mol. The van der Waals surface area contributed by atoms with Crippen LogP contribution in [0.25, 0.3) is 0 Å². The molecule has 0 atom stereocenters. The minimum atomic E-state index is -0.361. The van der Waals surface area contributed by atoms with Crippen molar-refractivity contribution in [3.05, 3.63) is 45.7 Å². The Bertz CT molecular complexity index is 686. The number of aliphatic imine (C=N–C) groups is 1. The van der Waals surface area contributed by atoms with Gasteiger partial charge in [-0.15, -0.1) is 11.3 Å². The first-order valence-electron chi connectivity index (χ1n) is 7.19. The highest BCUT2D eigenvalue weighted by Crippen LogP contribution is 2.18. The standard InChI is InChI=1S/C16H21FN4OS/c1-11-8-19-15(23-11)9-20-16(18-2)21(3)10-12-5-6-14(22-4)13(17)7-12/h5-8H,9-10H2,1-4H3,(H,18,20). The van der Waals surface area contributed by atoms with Crippen molar-refractivity contribution in [2.45, 2.75) is 20.0 Å². The van der Waals surface area contributed by atoms with Crippen LogP contribution in [0.15, 0.2) is 29.4 Å². The summed E-state index contributed by atoms with van der Waals surface area (Å²) in [6.07, 6.45) is 1.86. The number of guanidine groups is 1. The largest absolute Gasteiger partial charge is 0.494 e. The van der Waals surface area contributed by atoms with Crippen molar-refractivity contribution in [3.63, 3.8) is 0 Å². The van der Waals surface area contributed by atoms with Crippen LogP contribution in [-0.4, -0.2) is 37.0 Å². The van der Waals surface area contributed by atoms with E-state index in [0.29, 0.717) is 13.1 Å². The lowest BCUT2D eigenvalue weighted by Gasteiger charge is -2.22. The third-order valence-corrected chi connectivity index (χ3v) is 4.19. The molecule has 2 aromatic rings. The molecule has 2 rings (SSSR count). The number of nitrogens with one attached hydrogen (secondary N) is 1. The molecule has 1 aromatic carbocycles. The molecule has 0 aliphatic rings. The summed E-state index contributed by atoms with van der Waals surface area (Å²) in [5.41, 5.74) is 0.846. The van der Waals surface area contributed by atoms with Gasteiger partial charge in [-0.1, -0.05) is 6.07 Å². The van der Waals surface area contributed by atoms with Gasteiger partial charge in [0.05, 0.1) is 13.7 Å². The minimum Gasteiger partial charge on any atom is -0.494 e. The van der Waals surface area contributed by atoms with E-state index in [0.717, 1.165) is 16.5 Å². The number of halogens is 1. The molecule has 1 aromatic heterocycles. The molecular formula is C16H21FN4OS. The van der Waals surface area contributed by atoms with E-state index >= 15 is 0 Å². The fourth-order valence-electron chi connectivity index (χ4n) is 2.18. The average molecular weight is 336 g/mol. The number of rotatable bonds is 5. The molecule has 0 fully saturated rings. The van der Waals surface area contributed by atoms with Gasteiger partial charge in [0.15, 0.2) is 17.5 Å². The van der Waals surface area contributed by atoms with E-state index in [-0.39, 0.29) is 11.6 Å². The van der Waals surface area contributed by atoms with Gasteiger partial charge in [-0.3, -0.25) is 4.99 Å². The van der Waals surface area contributed by atoms with Crippen LogP contribution in [-0.2, 0) is 13.1 Å². The molecule has 7 heteroatoms. The third kappa shape index (κ3) is 4.66. The second-order valence-electron chi connectivity index (χ2n) is 5.09. The molecule has 5 nitrogen and oxygen atoms in total. The lowest BCUT2D eigenvalue weighted by atomic mass is 10.2. The SMILES string of the molecule is CN=C(NCc1ncc(C)s1)N(C)Cc1ccc(OC)c(F)c1. The van der Waals surface area contributed by atoms with Crippen molar-refractivity contribution in [2.75, 3.05) is 21.2 Å². The second-order valence-corrected chi connectivity index (χ2v) is 6.41. The van der Waals surface area contributed by atoms with Gasteiger partial charge >= 0.3 is 0 Å². The van der Waals surface area contributed by atoms with E-state index in [1.807, 2.05) is 31.1 Å². The van der Waals surface area contributed by atoms with Crippen LogP contribution < -0.4 is 10.1 Å². The number of benzene rings is 1. The van der Waals surface area contributed by atoms with E-state index in [2.05, 4.69) is 15.3 Å². The number of aromatic nitrogens is 1. The fraction of sp³-hybridized carbons (Fsp3) is 0.375. The van der Waals surface area contributed by atoms with Crippen LogP contribution in [0.5, 0.6) is 5.75 Å². The highest BCUT2D eigenvalue weighted by Gasteiger charge is 2.10. The molecule has 0 amide bonds. The van der Waals surface area contributed by atoms with Gasteiger partial charge in [0.1, 0.15) is 5.01 Å². The smallest absolute Gasteiger partial charge is 0.194 e. The Hall–Kier alpha value is -2.15. The summed E-state index contributed by atoms with van der Waals surface area (Å²) in [5, 5.41) is 4.27. The summed E-state index contributed by atoms with van der Waals surface area (Å²) in [5.74, 6) is 0.617.